The molecular formula is C19H13FN2O2S. The Bertz CT molecular complexity index is 1010. The van der Waals surface area contributed by atoms with Gasteiger partial charge in [-0.05, 0) is 29.8 Å². The van der Waals surface area contributed by atoms with Crippen LogP contribution < -0.4 is 4.90 Å². The second kappa shape index (κ2) is 6.49. The van der Waals surface area contributed by atoms with E-state index in [9.17, 15) is 9.18 Å². The first-order valence-electron chi connectivity index (χ1n) is 7.67. The van der Waals surface area contributed by atoms with Gasteiger partial charge in [-0.2, -0.15) is 0 Å². The molecule has 2 aromatic heterocycles. The van der Waals surface area contributed by atoms with E-state index in [2.05, 4.69) is 4.98 Å². The molecule has 1 amide bonds. The van der Waals surface area contributed by atoms with Crippen molar-refractivity contribution in [3.63, 3.8) is 0 Å². The predicted molar refractivity (Wildman–Crippen MR) is 95.2 cm³/mol. The van der Waals surface area contributed by atoms with Crippen LogP contribution in [0.1, 0.15) is 16.1 Å². The molecule has 6 heteroatoms. The van der Waals surface area contributed by atoms with E-state index in [-0.39, 0.29) is 17.2 Å². The number of anilines is 1. The van der Waals surface area contributed by atoms with Gasteiger partial charge in [0, 0.05) is 0 Å². The van der Waals surface area contributed by atoms with E-state index in [1.807, 2.05) is 30.3 Å². The minimum absolute atomic E-state index is 0.218. The van der Waals surface area contributed by atoms with E-state index in [4.69, 9.17) is 4.42 Å². The number of furan rings is 1. The first-order chi connectivity index (χ1) is 12.2. The topological polar surface area (TPSA) is 46.3 Å². The van der Waals surface area contributed by atoms with Gasteiger partial charge in [-0.1, -0.05) is 47.7 Å². The highest BCUT2D eigenvalue weighted by Crippen LogP contribution is 2.32. The molecule has 124 valence electrons. The lowest BCUT2D eigenvalue weighted by molar-refractivity contribution is 0.0958. The summed E-state index contributed by atoms with van der Waals surface area (Å²) >= 11 is 1.28. The highest BCUT2D eigenvalue weighted by molar-refractivity contribution is 7.22. The lowest BCUT2D eigenvalue weighted by Crippen LogP contribution is -2.30. The van der Waals surface area contributed by atoms with Gasteiger partial charge < -0.3 is 4.42 Å². The zero-order chi connectivity index (χ0) is 17.2. The van der Waals surface area contributed by atoms with E-state index >= 15 is 0 Å². The molecule has 0 aliphatic heterocycles. The van der Waals surface area contributed by atoms with Crippen molar-refractivity contribution in [3.05, 3.63) is 84.1 Å². The molecule has 0 saturated heterocycles. The Morgan fingerprint density at radius 3 is 2.64 bits per heavy atom. The predicted octanol–water partition coefficient (Wildman–Crippen LogP) is 4.88. The van der Waals surface area contributed by atoms with Gasteiger partial charge in [0.05, 0.1) is 17.5 Å². The van der Waals surface area contributed by atoms with Crippen molar-refractivity contribution in [2.45, 2.75) is 6.54 Å². The molecule has 0 unspecified atom stereocenters. The number of aromatic nitrogens is 1. The van der Waals surface area contributed by atoms with E-state index in [0.717, 1.165) is 5.56 Å². The number of rotatable bonds is 4. The fourth-order valence-electron chi connectivity index (χ4n) is 2.54. The molecule has 4 aromatic rings. The number of fused-ring (bicyclic) bond motifs is 1. The molecule has 4 nitrogen and oxygen atoms in total. The Morgan fingerprint density at radius 2 is 1.92 bits per heavy atom. The molecule has 4 rings (SSSR count). The summed E-state index contributed by atoms with van der Waals surface area (Å²) in [5.41, 5.74) is 1.22. The number of hydrogen-bond acceptors (Lipinski definition) is 4. The standard InChI is InChI=1S/C19H13FN2O2S/c20-14-8-4-10-16-17(14)21-19(25-16)22(12-13-6-2-1-3-7-13)18(23)15-9-5-11-24-15/h1-11H,12H2. The Kier molecular flexibility index (Phi) is 4.03. The highest BCUT2D eigenvalue weighted by Gasteiger charge is 2.24. The molecule has 0 fully saturated rings. The van der Waals surface area contributed by atoms with Crippen molar-refractivity contribution in [1.29, 1.82) is 0 Å². The fraction of sp³-hybridized carbons (Fsp3) is 0.0526. The number of hydrogen-bond donors (Lipinski definition) is 0. The van der Waals surface area contributed by atoms with E-state index < -0.39 is 5.82 Å². The molecule has 0 aliphatic rings. The number of halogens is 1. The van der Waals surface area contributed by atoms with Crippen LogP contribution in [0.25, 0.3) is 10.2 Å². The number of thiazole rings is 1. The Labute approximate surface area is 147 Å². The van der Waals surface area contributed by atoms with Crippen LogP contribution in [0.3, 0.4) is 0 Å². The molecule has 0 aliphatic carbocycles. The van der Waals surface area contributed by atoms with Crippen molar-refractivity contribution in [3.8, 4) is 0 Å². The van der Waals surface area contributed by atoms with Crippen LogP contribution in [0.5, 0.6) is 0 Å². The highest BCUT2D eigenvalue weighted by atomic mass is 32.1. The van der Waals surface area contributed by atoms with Crippen molar-refractivity contribution in [2.75, 3.05) is 4.90 Å². The summed E-state index contributed by atoms with van der Waals surface area (Å²) in [5, 5.41) is 0.436. The molecule has 25 heavy (non-hydrogen) atoms. The first kappa shape index (κ1) is 15.5. The maximum atomic E-state index is 14.0. The third-order valence-corrected chi connectivity index (χ3v) is 4.79. The van der Waals surface area contributed by atoms with Gasteiger partial charge in [0.2, 0.25) is 0 Å². The molecule has 0 radical (unpaired) electrons. The zero-order valence-electron chi connectivity index (χ0n) is 13.1. The van der Waals surface area contributed by atoms with Gasteiger partial charge in [0.25, 0.3) is 5.91 Å². The molecule has 2 heterocycles. The molecular weight excluding hydrogens is 339 g/mol. The normalized spacial score (nSPS) is 10.9. The van der Waals surface area contributed by atoms with Crippen LogP contribution in [0.4, 0.5) is 9.52 Å². The van der Waals surface area contributed by atoms with Gasteiger partial charge in [-0.25, -0.2) is 9.37 Å². The molecule has 0 spiro atoms. The van der Waals surface area contributed by atoms with E-state index in [1.165, 1.54) is 28.6 Å². The largest absolute Gasteiger partial charge is 0.459 e. The third-order valence-electron chi connectivity index (χ3n) is 3.75. The number of carbonyl (C=O) groups is 1. The number of carbonyl (C=O) groups excluding carboxylic acids is 1. The second-order valence-electron chi connectivity index (χ2n) is 5.44. The van der Waals surface area contributed by atoms with Crippen LogP contribution in [-0.2, 0) is 6.54 Å². The van der Waals surface area contributed by atoms with Crippen LogP contribution >= 0.6 is 11.3 Å². The van der Waals surface area contributed by atoms with Crippen LogP contribution in [0, 0.1) is 5.82 Å². The fourth-order valence-corrected chi connectivity index (χ4v) is 3.52. The lowest BCUT2D eigenvalue weighted by Gasteiger charge is -2.18. The van der Waals surface area contributed by atoms with E-state index in [1.54, 1.807) is 24.3 Å². The maximum absolute atomic E-state index is 14.0. The van der Waals surface area contributed by atoms with Gasteiger partial charge in [0.1, 0.15) is 11.3 Å². The second-order valence-corrected chi connectivity index (χ2v) is 6.45. The molecule has 0 N–H and O–H groups in total. The number of para-hydroxylation sites is 1. The van der Waals surface area contributed by atoms with Gasteiger partial charge in [0.15, 0.2) is 10.9 Å². The van der Waals surface area contributed by atoms with Crippen LogP contribution in [0.15, 0.2) is 71.3 Å². The van der Waals surface area contributed by atoms with Crippen molar-refractivity contribution >= 4 is 32.6 Å². The van der Waals surface area contributed by atoms with Gasteiger partial charge in [-0.15, -0.1) is 0 Å². The van der Waals surface area contributed by atoms with Crippen molar-refractivity contribution < 1.29 is 13.6 Å². The third kappa shape index (κ3) is 3.04. The number of nitrogens with zero attached hydrogens (tertiary/aromatic N) is 2. The van der Waals surface area contributed by atoms with Crippen molar-refractivity contribution in [1.82, 2.24) is 4.98 Å². The van der Waals surface area contributed by atoms with Crippen LogP contribution in [0.2, 0.25) is 0 Å². The summed E-state index contributed by atoms with van der Waals surface area (Å²) in [5.74, 6) is -0.492. The quantitative estimate of drug-likeness (QED) is 0.526. The van der Waals surface area contributed by atoms with Gasteiger partial charge in [-0.3, -0.25) is 9.69 Å². The van der Waals surface area contributed by atoms with Crippen molar-refractivity contribution in [2.24, 2.45) is 0 Å². The Hall–Kier alpha value is -2.99. The SMILES string of the molecule is O=C(c1ccco1)N(Cc1ccccc1)c1nc2c(F)cccc2s1. The average molecular weight is 352 g/mol. The molecule has 0 atom stereocenters. The summed E-state index contributed by atoms with van der Waals surface area (Å²) < 4.78 is 19.9. The summed E-state index contributed by atoms with van der Waals surface area (Å²) in [7, 11) is 0. The smallest absolute Gasteiger partial charge is 0.296 e. The summed E-state index contributed by atoms with van der Waals surface area (Å²) in [6, 6.07) is 17.6. The Balaban J connectivity index is 1.78. The molecule has 0 saturated carbocycles. The van der Waals surface area contributed by atoms with Crippen LogP contribution in [-0.4, -0.2) is 10.9 Å². The number of benzene rings is 2. The summed E-state index contributed by atoms with van der Waals surface area (Å²) in [6.45, 7) is 0.321. The first-order valence-corrected chi connectivity index (χ1v) is 8.48. The minimum atomic E-state index is -0.398. The molecule has 2 aromatic carbocycles. The maximum Gasteiger partial charge on any atom is 0.296 e. The van der Waals surface area contributed by atoms with E-state index in [0.29, 0.717) is 16.4 Å². The lowest BCUT2D eigenvalue weighted by atomic mass is 10.2. The minimum Gasteiger partial charge on any atom is -0.459 e. The number of amides is 1. The monoisotopic (exact) mass is 352 g/mol. The molecule has 0 bridgehead atoms. The average Bonchev–Trinajstić information content (AvgIpc) is 3.30. The Morgan fingerprint density at radius 1 is 1.08 bits per heavy atom. The summed E-state index contributed by atoms with van der Waals surface area (Å²) in [4.78, 5) is 18.7. The zero-order valence-corrected chi connectivity index (χ0v) is 13.9. The van der Waals surface area contributed by atoms with Gasteiger partial charge >= 0.3 is 0 Å². The summed E-state index contributed by atoms with van der Waals surface area (Å²) in [6.07, 6.45) is 1.45.